The minimum Gasteiger partial charge on any atom is -0.382 e. The topological polar surface area (TPSA) is 63.2 Å². The summed E-state index contributed by atoms with van der Waals surface area (Å²) in [4.78, 5) is 20.7. The number of anilines is 1. The quantitative estimate of drug-likeness (QED) is 0.804. The van der Waals surface area contributed by atoms with E-state index in [1.165, 1.54) is 6.20 Å². The van der Waals surface area contributed by atoms with E-state index in [9.17, 15) is 4.79 Å². The van der Waals surface area contributed by atoms with Crippen LogP contribution in [0.5, 0.6) is 5.75 Å². The molecular formula is C13H13N3O2. The summed E-state index contributed by atoms with van der Waals surface area (Å²) in [7, 11) is 1.56. The predicted molar refractivity (Wildman–Crippen MR) is 68.3 cm³/mol. The molecule has 0 spiro atoms. The molecule has 2 N–H and O–H groups in total. The minimum atomic E-state index is -0.250. The first-order valence-electron chi connectivity index (χ1n) is 5.45. The second-order valence-electron chi connectivity index (χ2n) is 3.53. The molecule has 0 aliphatic rings. The van der Waals surface area contributed by atoms with E-state index < -0.39 is 0 Å². The van der Waals surface area contributed by atoms with Crippen LogP contribution in [-0.4, -0.2) is 17.9 Å². The third kappa shape index (κ3) is 2.98. The zero-order chi connectivity index (χ0) is 12.8. The highest BCUT2D eigenvalue weighted by Gasteiger charge is 2.06. The summed E-state index contributed by atoms with van der Waals surface area (Å²) in [5, 5.41) is 2.50. The fourth-order valence-corrected chi connectivity index (χ4v) is 1.35. The fraction of sp³-hybridized carbons (Fsp3) is 0.0769. The van der Waals surface area contributed by atoms with Crippen molar-refractivity contribution in [2.75, 3.05) is 12.5 Å². The number of para-hydroxylation sites is 1. The van der Waals surface area contributed by atoms with Gasteiger partial charge in [-0.2, -0.15) is 0 Å². The number of rotatable bonds is 4. The van der Waals surface area contributed by atoms with Gasteiger partial charge in [-0.05, 0) is 12.1 Å². The van der Waals surface area contributed by atoms with Gasteiger partial charge in [0, 0.05) is 25.4 Å². The first kappa shape index (κ1) is 11.9. The predicted octanol–water partition coefficient (Wildman–Crippen LogP) is 1.85. The molecule has 2 rings (SSSR count). The van der Waals surface area contributed by atoms with Gasteiger partial charge in [0.25, 0.3) is 5.91 Å². The van der Waals surface area contributed by atoms with Gasteiger partial charge in [-0.25, -0.2) is 5.48 Å². The van der Waals surface area contributed by atoms with Crippen LogP contribution in [0.1, 0.15) is 10.5 Å². The molecule has 0 saturated heterocycles. The maximum absolute atomic E-state index is 11.4. The van der Waals surface area contributed by atoms with Crippen molar-refractivity contribution in [1.82, 2.24) is 10.3 Å². The zero-order valence-electron chi connectivity index (χ0n) is 9.88. The molecule has 0 radical (unpaired) electrons. The van der Waals surface area contributed by atoms with Gasteiger partial charge in [0.2, 0.25) is 0 Å². The largest absolute Gasteiger partial charge is 0.382 e. The van der Waals surface area contributed by atoms with Crippen LogP contribution in [0.3, 0.4) is 0 Å². The highest BCUT2D eigenvalue weighted by atomic mass is 16.6. The molecule has 0 saturated carbocycles. The molecular weight excluding hydrogens is 230 g/mol. The van der Waals surface area contributed by atoms with Crippen molar-refractivity contribution >= 4 is 11.6 Å². The van der Waals surface area contributed by atoms with Crippen LogP contribution >= 0.6 is 0 Å². The molecule has 0 fully saturated rings. The molecule has 5 heteroatoms. The standard InChI is InChI=1S/C13H13N3O2/c1-14-13(17)12-9-11(7-8-15-12)18-16-10-5-3-2-4-6-10/h2-9,16H,1H3,(H,14,17). The molecule has 2 aromatic rings. The molecule has 1 amide bonds. The Bertz CT molecular complexity index is 529. The SMILES string of the molecule is CNC(=O)c1cc(ONc2ccccc2)ccn1. The monoisotopic (exact) mass is 243 g/mol. The normalized spacial score (nSPS) is 9.61. The number of nitrogens with zero attached hydrogens (tertiary/aromatic N) is 1. The summed E-state index contributed by atoms with van der Waals surface area (Å²) in [6.07, 6.45) is 1.52. The Kier molecular flexibility index (Phi) is 3.76. The third-order valence-corrected chi connectivity index (χ3v) is 2.25. The van der Waals surface area contributed by atoms with Gasteiger partial charge in [0.05, 0.1) is 5.69 Å². The van der Waals surface area contributed by atoms with E-state index >= 15 is 0 Å². The third-order valence-electron chi connectivity index (χ3n) is 2.25. The first-order valence-corrected chi connectivity index (χ1v) is 5.45. The molecule has 0 aliphatic carbocycles. The number of nitrogens with one attached hydrogen (secondary N) is 2. The van der Waals surface area contributed by atoms with E-state index in [2.05, 4.69) is 15.8 Å². The number of carbonyl (C=O) groups is 1. The Morgan fingerprint density at radius 3 is 2.72 bits per heavy atom. The number of pyridine rings is 1. The van der Waals surface area contributed by atoms with Crippen LogP contribution in [0.25, 0.3) is 0 Å². The van der Waals surface area contributed by atoms with Crippen LogP contribution in [0.15, 0.2) is 48.7 Å². The first-order chi connectivity index (χ1) is 8.79. The molecule has 0 unspecified atom stereocenters. The van der Waals surface area contributed by atoms with Gasteiger partial charge in [0.1, 0.15) is 5.69 Å². The molecule has 5 nitrogen and oxygen atoms in total. The van der Waals surface area contributed by atoms with Crippen molar-refractivity contribution in [3.8, 4) is 5.75 Å². The second-order valence-corrected chi connectivity index (χ2v) is 3.53. The zero-order valence-corrected chi connectivity index (χ0v) is 9.88. The summed E-state index contributed by atoms with van der Waals surface area (Å²) < 4.78 is 0. The van der Waals surface area contributed by atoms with Crippen LogP contribution in [0.2, 0.25) is 0 Å². The van der Waals surface area contributed by atoms with E-state index in [0.717, 1.165) is 5.69 Å². The van der Waals surface area contributed by atoms with E-state index in [4.69, 9.17) is 4.84 Å². The molecule has 1 aromatic carbocycles. The van der Waals surface area contributed by atoms with Crippen molar-refractivity contribution in [1.29, 1.82) is 0 Å². The number of hydrogen-bond acceptors (Lipinski definition) is 4. The van der Waals surface area contributed by atoms with Crippen molar-refractivity contribution < 1.29 is 9.63 Å². The summed E-state index contributed by atoms with van der Waals surface area (Å²) in [6, 6.07) is 12.7. The van der Waals surface area contributed by atoms with Crippen LogP contribution < -0.4 is 15.6 Å². The smallest absolute Gasteiger partial charge is 0.269 e. The van der Waals surface area contributed by atoms with E-state index in [1.54, 1.807) is 19.2 Å². The van der Waals surface area contributed by atoms with Crippen LogP contribution in [-0.2, 0) is 0 Å². The number of aromatic nitrogens is 1. The maximum atomic E-state index is 11.4. The second kappa shape index (κ2) is 5.67. The highest BCUT2D eigenvalue weighted by Crippen LogP contribution is 2.13. The maximum Gasteiger partial charge on any atom is 0.269 e. The van der Waals surface area contributed by atoms with Gasteiger partial charge in [-0.1, -0.05) is 18.2 Å². The lowest BCUT2D eigenvalue weighted by Crippen LogP contribution is -2.19. The van der Waals surface area contributed by atoms with Gasteiger partial charge in [-0.3, -0.25) is 9.78 Å². The fourth-order valence-electron chi connectivity index (χ4n) is 1.35. The van der Waals surface area contributed by atoms with Gasteiger partial charge < -0.3 is 10.2 Å². The average molecular weight is 243 g/mol. The molecule has 0 bridgehead atoms. The Hall–Kier alpha value is -2.56. The molecule has 1 heterocycles. The van der Waals surface area contributed by atoms with Crippen molar-refractivity contribution in [3.05, 3.63) is 54.4 Å². The molecule has 18 heavy (non-hydrogen) atoms. The Morgan fingerprint density at radius 1 is 1.22 bits per heavy atom. The number of carbonyl (C=O) groups excluding carboxylic acids is 1. The number of hydrogen-bond donors (Lipinski definition) is 2. The van der Waals surface area contributed by atoms with Gasteiger partial charge >= 0.3 is 0 Å². The van der Waals surface area contributed by atoms with Crippen LogP contribution in [0.4, 0.5) is 5.69 Å². The summed E-state index contributed by atoms with van der Waals surface area (Å²) in [5.41, 5.74) is 3.93. The van der Waals surface area contributed by atoms with Crippen molar-refractivity contribution in [2.24, 2.45) is 0 Å². The Balaban J connectivity index is 2.04. The van der Waals surface area contributed by atoms with Crippen LogP contribution in [0, 0.1) is 0 Å². The molecule has 0 atom stereocenters. The molecule has 1 aromatic heterocycles. The van der Waals surface area contributed by atoms with Gasteiger partial charge in [-0.15, -0.1) is 0 Å². The summed E-state index contributed by atoms with van der Waals surface area (Å²) in [5.74, 6) is 0.271. The Labute approximate surface area is 105 Å². The van der Waals surface area contributed by atoms with E-state index in [-0.39, 0.29) is 5.91 Å². The van der Waals surface area contributed by atoms with Gasteiger partial charge in [0.15, 0.2) is 5.75 Å². The Morgan fingerprint density at radius 2 is 2.00 bits per heavy atom. The highest BCUT2D eigenvalue weighted by molar-refractivity contribution is 5.92. The lowest BCUT2D eigenvalue weighted by molar-refractivity contribution is 0.0958. The van der Waals surface area contributed by atoms with Crippen molar-refractivity contribution in [3.63, 3.8) is 0 Å². The van der Waals surface area contributed by atoms with E-state index in [1.807, 2.05) is 30.3 Å². The lowest BCUT2D eigenvalue weighted by Gasteiger charge is -2.08. The lowest BCUT2D eigenvalue weighted by atomic mass is 10.3. The summed E-state index contributed by atoms with van der Waals surface area (Å²) in [6.45, 7) is 0. The van der Waals surface area contributed by atoms with Crippen molar-refractivity contribution in [2.45, 2.75) is 0 Å². The van der Waals surface area contributed by atoms with E-state index in [0.29, 0.717) is 11.4 Å². The molecule has 0 aliphatic heterocycles. The number of benzene rings is 1. The minimum absolute atomic E-state index is 0.250. The number of amides is 1. The molecule has 92 valence electrons. The summed E-state index contributed by atoms with van der Waals surface area (Å²) >= 11 is 0. The average Bonchev–Trinajstić information content (AvgIpc) is 2.45.